The number of rotatable bonds is 4. The smallest absolute Gasteiger partial charge is 0.185 e. The van der Waals surface area contributed by atoms with E-state index in [0.29, 0.717) is 11.1 Å². The Morgan fingerprint density at radius 3 is 2.04 bits per heavy atom. The van der Waals surface area contributed by atoms with Crippen molar-refractivity contribution >= 4 is 11.9 Å². The summed E-state index contributed by atoms with van der Waals surface area (Å²) in [4.78, 5) is 12.2. The molecule has 0 atom stereocenters. The SMILES string of the molecule is O=C(/C=C/c1ccccc1F)c1ccc(-c2ccccc2)cc1. The highest BCUT2D eigenvalue weighted by Crippen LogP contribution is 2.19. The summed E-state index contributed by atoms with van der Waals surface area (Å²) in [6.45, 7) is 0. The van der Waals surface area contributed by atoms with Gasteiger partial charge in [-0.2, -0.15) is 0 Å². The predicted octanol–water partition coefficient (Wildman–Crippen LogP) is 5.39. The van der Waals surface area contributed by atoms with Gasteiger partial charge in [-0.15, -0.1) is 0 Å². The summed E-state index contributed by atoms with van der Waals surface area (Å²) in [6.07, 6.45) is 2.90. The average Bonchev–Trinajstić information content (AvgIpc) is 2.62. The van der Waals surface area contributed by atoms with Crippen molar-refractivity contribution in [1.82, 2.24) is 0 Å². The fourth-order valence-corrected chi connectivity index (χ4v) is 2.33. The molecule has 0 N–H and O–H groups in total. The number of carbonyl (C=O) groups excluding carboxylic acids is 1. The molecule has 2 heteroatoms. The van der Waals surface area contributed by atoms with E-state index < -0.39 is 0 Å². The van der Waals surface area contributed by atoms with Crippen LogP contribution in [0.4, 0.5) is 4.39 Å². The van der Waals surface area contributed by atoms with Crippen LogP contribution >= 0.6 is 0 Å². The van der Waals surface area contributed by atoms with E-state index in [0.717, 1.165) is 11.1 Å². The lowest BCUT2D eigenvalue weighted by Crippen LogP contribution is -1.94. The molecule has 0 saturated carbocycles. The maximum absolute atomic E-state index is 13.5. The standard InChI is InChI=1S/C21H15FO/c22-20-9-5-4-8-18(20)14-15-21(23)19-12-10-17(11-13-19)16-6-2-1-3-7-16/h1-15H/b15-14+. The molecule has 0 aliphatic rings. The summed E-state index contributed by atoms with van der Waals surface area (Å²) in [5, 5.41) is 0. The lowest BCUT2D eigenvalue weighted by atomic mass is 10.0. The van der Waals surface area contributed by atoms with Gasteiger partial charge in [0.15, 0.2) is 5.78 Å². The monoisotopic (exact) mass is 302 g/mol. The Morgan fingerprint density at radius 1 is 0.739 bits per heavy atom. The molecule has 3 rings (SSSR count). The Kier molecular flexibility index (Phi) is 4.44. The topological polar surface area (TPSA) is 17.1 Å². The van der Waals surface area contributed by atoms with Gasteiger partial charge in [-0.25, -0.2) is 4.39 Å². The molecule has 0 saturated heterocycles. The van der Waals surface area contributed by atoms with Crippen molar-refractivity contribution in [2.45, 2.75) is 0 Å². The number of hydrogen-bond donors (Lipinski definition) is 0. The van der Waals surface area contributed by atoms with E-state index in [-0.39, 0.29) is 11.6 Å². The van der Waals surface area contributed by atoms with Crippen molar-refractivity contribution in [2.24, 2.45) is 0 Å². The Balaban J connectivity index is 1.77. The van der Waals surface area contributed by atoms with Gasteiger partial charge < -0.3 is 0 Å². The molecule has 0 heterocycles. The molecule has 3 aromatic rings. The van der Waals surface area contributed by atoms with Crippen LogP contribution in [-0.2, 0) is 0 Å². The van der Waals surface area contributed by atoms with Crippen molar-refractivity contribution in [3.05, 3.63) is 102 Å². The molecule has 0 fully saturated rings. The zero-order valence-electron chi connectivity index (χ0n) is 12.4. The van der Waals surface area contributed by atoms with Gasteiger partial charge in [0, 0.05) is 11.1 Å². The minimum Gasteiger partial charge on any atom is -0.289 e. The number of hydrogen-bond acceptors (Lipinski definition) is 1. The van der Waals surface area contributed by atoms with Gasteiger partial charge in [-0.3, -0.25) is 4.79 Å². The van der Waals surface area contributed by atoms with Crippen LogP contribution in [0.5, 0.6) is 0 Å². The summed E-state index contributed by atoms with van der Waals surface area (Å²) >= 11 is 0. The largest absolute Gasteiger partial charge is 0.289 e. The third-order valence-corrected chi connectivity index (χ3v) is 3.60. The number of ketones is 1. The summed E-state index contributed by atoms with van der Waals surface area (Å²) in [7, 11) is 0. The third-order valence-electron chi connectivity index (χ3n) is 3.60. The molecule has 112 valence electrons. The van der Waals surface area contributed by atoms with Gasteiger partial charge >= 0.3 is 0 Å². The van der Waals surface area contributed by atoms with Crippen LogP contribution in [0.1, 0.15) is 15.9 Å². The maximum Gasteiger partial charge on any atom is 0.185 e. The molecule has 0 amide bonds. The highest BCUT2D eigenvalue weighted by atomic mass is 19.1. The zero-order chi connectivity index (χ0) is 16.1. The first-order valence-electron chi connectivity index (χ1n) is 7.36. The fourth-order valence-electron chi connectivity index (χ4n) is 2.33. The molecule has 0 unspecified atom stereocenters. The van der Waals surface area contributed by atoms with Crippen LogP contribution in [0, 0.1) is 5.82 Å². The number of benzene rings is 3. The molecular formula is C21H15FO. The van der Waals surface area contributed by atoms with E-state index >= 15 is 0 Å². The first kappa shape index (κ1) is 14.9. The Hall–Kier alpha value is -3.00. The maximum atomic E-state index is 13.5. The van der Waals surface area contributed by atoms with Crippen LogP contribution in [0.3, 0.4) is 0 Å². The Labute approximate surface area is 134 Å². The third kappa shape index (κ3) is 3.61. The molecule has 1 nitrogen and oxygen atoms in total. The quantitative estimate of drug-likeness (QED) is 0.466. The van der Waals surface area contributed by atoms with Gasteiger partial charge in [0.2, 0.25) is 0 Å². The number of allylic oxidation sites excluding steroid dienone is 1. The summed E-state index contributed by atoms with van der Waals surface area (Å²) < 4.78 is 13.5. The average molecular weight is 302 g/mol. The van der Waals surface area contributed by atoms with E-state index in [1.54, 1.807) is 30.3 Å². The van der Waals surface area contributed by atoms with Crippen LogP contribution < -0.4 is 0 Å². The minimum absolute atomic E-state index is 0.145. The second-order valence-electron chi connectivity index (χ2n) is 5.16. The fraction of sp³-hybridized carbons (Fsp3) is 0. The summed E-state index contributed by atoms with van der Waals surface area (Å²) in [6, 6.07) is 23.7. The molecule has 0 aliphatic heterocycles. The lowest BCUT2D eigenvalue weighted by molar-refractivity contribution is 0.104. The predicted molar refractivity (Wildman–Crippen MR) is 91.6 cm³/mol. The van der Waals surface area contributed by atoms with E-state index in [1.807, 2.05) is 42.5 Å². The van der Waals surface area contributed by atoms with Crippen molar-refractivity contribution < 1.29 is 9.18 Å². The molecule has 0 aliphatic carbocycles. The van der Waals surface area contributed by atoms with E-state index in [4.69, 9.17) is 0 Å². The zero-order valence-corrected chi connectivity index (χ0v) is 12.4. The van der Waals surface area contributed by atoms with Crippen molar-refractivity contribution in [3.63, 3.8) is 0 Å². The molecule has 3 aromatic carbocycles. The van der Waals surface area contributed by atoms with Crippen LogP contribution in [0.15, 0.2) is 84.9 Å². The van der Waals surface area contributed by atoms with E-state index in [9.17, 15) is 9.18 Å². The van der Waals surface area contributed by atoms with Crippen molar-refractivity contribution in [2.75, 3.05) is 0 Å². The Bertz CT molecular complexity index is 833. The highest BCUT2D eigenvalue weighted by Gasteiger charge is 2.04. The van der Waals surface area contributed by atoms with Gasteiger partial charge in [0.25, 0.3) is 0 Å². The van der Waals surface area contributed by atoms with Crippen molar-refractivity contribution in [1.29, 1.82) is 0 Å². The Morgan fingerprint density at radius 2 is 1.35 bits per heavy atom. The van der Waals surface area contributed by atoms with Crippen LogP contribution in [0.25, 0.3) is 17.2 Å². The van der Waals surface area contributed by atoms with Gasteiger partial charge in [0.05, 0.1) is 0 Å². The lowest BCUT2D eigenvalue weighted by Gasteiger charge is -2.02. The first-order valence-corrected chi connectivity index (χ1v) is 7.36. The molecule has 0 bridgehead atoms. The normalized spacial score (nSPS) is 10.8. The second-order valence-corrected chi connectivity index (χ2v) is 5.16. The molecular weight excluding hydrogens is 287 g/mol. The highest BCUT2D eigenvalue weighted by molar-refractivity contribution is 6.07. The summed E-state index contributed by atoms with van der Waals surface area (Å²) in [5.41, 5.74) is 3.15. The van der Waals surface area contributed by atoms with Crippen LogP contribution in [-0.4, -0.2) is 5.78 Å². The minimum atomic E-state index is -0.337. The molecule has 0 spiro atoms. The van der Waals surface area contributed by atoms with Crippen molar-refractivity contribution in [3.8, 4) is 11.1 Å². The number of halogens is 1. The first-order chi connectivity index (χ1) is 11.2. The van der Waals surface area contributed by atoms with E-state index in [1.165, 1.54) is 18.2 Å². The summed E-state index contributed by atoms with van der Waals surface area (Å²) in [5.74, 6) is -0.483. The van der Waals surface area contributed by atoms with Gasteiger partial charge in [-0.1, -0.05) is 72.8 Å². The van der Waals surface area contributed by atoms with Gasteiger partial charge in [-0.05, 0) is 29.3 Å². The van der Waals surface area contributed by atoms with E-state index in [2.05, 4.69) is 0 Å². The van der Waals surface area contributed by atoms with Crippen LogP contribution in [0.2, 0.25) is 0 Å². The molecule has 0 radical (unpaired) electrons. The molecule has 23 heavy (non-hydrogen) atoms. The molecule has 0 aromatic heterocycles. The number of carbonyl (C=O) groups is 1. The van der Waals surface area contributed by atoms with Gasteiger partial charge in [0.1, 0.15) is 5.82 Å². The second kappa shape index (κ2) is 6.84.